The van der Waals surface area contributed by atoms with Crippen molar-refractivity contribution in [2.75, 3.05) is 13.9 Å². The number of carbonyl (C=O) groups is 1. The van der Waals surface area contributed by atoms with Crippen molar-refractivity contribution < 1.29 is 14.3 Å². The highest BCUT2D eigenvalue weighted by atomic mass is 16.7. The highest BCUT2D eigenvalue weighted by molar-refractivity contribution is 5.89. The summed E-state index contributed by atoms with van der Waals surface area (Å²) < 4.78 is 10.4. The molecule has 3 nitrogen and oxygen atoms in total. The summed E-state index contributed by atoms with van der Waals surface area (Å²) in [5.74, 6) is 1.81. The number of rotatable bonds is 6. The number of benzene rings is 1. The highest BCUT2D eigenvalue weighted by Crippen LogP contribution is 2.23. The average molecular weight is 288 g/mol. The lowest BCUT2D eigenvalue weighted by atomic mass is 9.89. The number of ketones is 1. The molecule has 1 aromatic carbocycles. The van der Waals surface area contributed by atoms with Crippen molar-refractivity contribution in [2.24, 2.45) is 5.92 Å². The van der Waals surface area contributed by atoms with Crippen LogP contribution in [0.2, 0.25) is 0 Å². The number of allylic oxidation sites excluding steroid dienone is 2. The summed E-state index contributed by atoms with van der Waals surface area (Å²) in [6.45, 7) is 0.283. The highest BCUT2D eigenvalue weighted by Gasteiger charge is 2.11. The predicted molar refractivity (Wildman–Crippen MR) is 83.4 cm³/mol. The first-order valence-electron chi connectivity index (χ1n) is 7.68. The summed E-state index contributed by atoms with van der Waals surface area (Å²) in [6.07, 6.45) is 9.90. The second-order valence-corrected chi connectivity index (χ2v) is 5.60. The lowest BCUT2D eigenvalue weighted by Crippen LogP contribution is -2.06. The Bertz CT molecular complexity index is 479. The van der Waals surface area contributed by atoms with Gasteiger partial charge in [-0.2, -0.15) is 0 Å². The normalized spacial score (nSPS) is 19.1. The number of hydrogen-bond donors (Lipinski definition) is 0. The summed E-state index contributed by atoms with van der Waals surface area (Å²) >= 11 is 0. The van der Waals surface area contributed by atoms with E-state index in [4.69, 9.17) is 9.47 Å². The lowest BCUT2D eigenvalue weighted by Gasteiger charge is -2.16. The number of methoxy groups -OCH3 is 1. The Morgan fingerprint density at radius 1 is 1.33 bits per heavy atom. The summed E-state index contributed by atoms with van der Waals surface area (Å²) in [4.78, 5) is 11.3. The fourth-order valence-electron chi connectivity index (χ4n) is 2.71. The minimum absolute atomic E-state index is 0.274. The molecule has 1 atom stereocenters. The van der Waals surface area contributed by atoms with Gasteiger partial charge in [0, 0.05) is 13.5 Å². The van der Waals surface area contributed by atoms with Gasteiger partial charge in [-0.25, -0.2) is 0 Å². The van der Waals surface area contributed by atoms with Crippen LogP contribution in [0.1, 0.15) is 37.7 Å². The van der Waals surface area contributed by atoms with E-state index in [2.05, 4.69) is 12.1 Å². The van der Waals surface area contributed by atoms with Crippen molar-refractivity contribution in [3.05, 3.63) is 42.0 Å². The third kappa shape index (κ3) is 5.72. The molecular formula is C18H24O3. The molecule has 1 aliphatic rings. The molecule has 3 heteroatoms. The molecule has 1 aromatic rings. The molecule has 0 saturated carbocycles. The molecule has 0 bridgehead atoms. The summed E-state index contributed by atoms with van der Waals surface area (Å²) in [5, 5.41) is 0. The predicted octanol–water partition coefficient (Wildman–Crippen LogP) is 3.92. The number of ether oxygens (including phenoxy) is 2. The summed E-state index contributed by atoms with van der Waals surface area (Å²) in [7, 11) is 1.62. The van der Waals surface area contributed by atoms with Gasteiger partial charge in [-0.1, -0.05) is 18.2 Å². The molecule has 0 amide bonds. The zero-order valence-electron chi connectivity index (χ0n) is 12.7. The van der Waals surface area contributed by atoms with Crippen molar-refractivity contribution in [1.29, 1.82) is 0 Å². The molecule has 0 radical (unpaired) electrons. The largest absolute Gasteiger partial charge is 0.468 e. The minimum atomic E-state index is 0.274. The van der Waals surface area contributed by atoms with Gasteiger partial charge in [0.25, 0.3) is 0 Å². The van der Waals surface area contributed by atoms with Crippen LogP contribution in [-0.4, -0.2) is 19.7 Å². The van der Waals surface area contributed by atoms with E-state index >= 15 is 0 Å². The van der Waals surface area contributed by atoms with Crippen LogP contribution in [0.4, 0.5) is 0 Å². The third-order valence-electron chi connectivity index (χ3n) is 3.89. The Morgan fingerprint density at radius 3 is 3.10 bits per heavy atom. The lowest BCUT2D eigenvalue weighted by molar-refractivity contribution is -0.114. The Hall–Kier alpha value is -1.61. The summed E-state index contributed by atoms with van der Waals surface area (Å²) in [6, 6.07) is 8.20. The van der Waals surface area contributed by atoms with Gasteiger partial charge in [-0.15, -0.1) is 0 Å². The SMILES string of the molecule is COCOc1cccc(CCC2CC=CC(=O)CCC2)c1. The van der Waals surface area contributed by atoms with E-state index in [0.717, 1.165) is 37.9 Å². The van der Waals surface area contributed by atoms with Crippen molar-refractivity contribution in [1.82, 2.24) is 0 Å². The van der Waals surface area contributed by atoms with E-state index in [0.29, 0.717) is 12.3 Å². The molecule has 0 N–H and O–H groups in total. The van der Waals surface area contributed by atoms with Crippen molar-refractivity contribution >= 4 is 5.78 Å². The van der Waals surface area contributed by atoms with E-state index in [-0.39, 0.29) is 12.6 Å². The average Bonchev–Trinajstić information content (AvgIpc) is 2.48. The van der Waals surface area contributed by atoms with Crippen LogP contribution in [0, 0.1) is 5.92 Å². The van der Waals surface area contributed by atoms with Crippen molar-refractivity contribution in [2.45, 2.75) is 38.5 Å². The fourth-order valence-corrected chi connectivity index (χ4v) is 2.71. The van der Waals surface area contributed by atoms with Gasteiger partial charge in [0.15, 0.2) is 12.6 Å². The zero-order chi connectivity index (χ0) is 14.9. The Balaban J connectivity index is 1.84. The maximum atomic E-state index is 11.3. The molecule has 0 spiro atoms. The molecule has 0 aromatic heterocycles. The van der Waals surface area contributed by atoms with Crippen molar-refractivity contribution in [3.8, 4) is 5.75 Å². The number of aryl methyl sites for hydroxylation is 1. The van der Waals surface area contributed by atoms with E-state index in [1.54, 1.807) is 13.2 Å². The minimum Gasteiger partial charge on any atom is -0.468 e. The van der Waals surface area contributed by atoms with Gasteiger partial charge in [-0.05, 0) is 61.8 Å². The zero-order valence-corrected chi connectivity index (χ0v) is 12.7. The monoisotopic (exact) mass is 288 g/mol. The molecule has 0 aliphatic heterocycles. The molecular weight excluding hydrogens is 264 g/mol. The topological polar surface area (TPSA) is 35.5 Å². The smallest absolute Gasteiger partial charge is 0.188 e. The molecule has 1 unspecified atom stereocenters. The fraction of sp³-hybridized carbons (Fsp3) is 0.500. The molecule has 114 valence electrons. The number of hydrogen-bond acceptors (Lipinski definition) is 3. The van der Waals surface area contributed by atoms with Gasteiger partial charge in [-0.3, -0.25) is 4.79 Å². The van der Waals surface area contributed by atoms with Crippen LogP contribution in [-0.2, 0) is 16.0 Å². The second-order valence-electron chi connectivity index (χ2n) is 5.60. The van der Waals surface area contributed by atoms with E-state index < -0.39 is 0 Å². The molecule has 1 aliphatic carbocycles. The quantitative estimate of drug-likeness (QED) is 0.744. The van der Waals surface area contributed by atoms with Crippen LogP contribution >= 0.6 is 0 Å². The maximum Gasteiger partial charge on any atom is 0.188 e. The van der Waals surface area contributed by atoms with Crippen LogP contribution in [0.5, 0.6) is 5.75 Å². The second kappa shape index (κ2) is 8.63. The molecule has 0 heterocycles. The van der Waals surface area contributed by atoms with Gasteiger partial charge in [0.1, 0.15) is 5.75 Å². The van der Waals surface area contributed by atoms with Gasteiger partial charge in [0.05, 0.1) is 0 Å². The van der Waals surface area contributed by atoms with Crippen molar-refractivity contribution in [3.63, 3.8) is 0 Å². The van der Waals surface area contributed by atoms with Crippen LogP contribution in [0.3, 0.4) is 0 Å². The van der Waals surface area contributed by atoms with Gasteiger partial charge < -0.3 is 9.47 Å². The Labute approximate surface area is 127 Å². The van der Waals surface area contributed by atoms with E-state index in [9.17, 15) is 4.79 Å². The first-order chi connectivity index (χ1) is 10.3. The Morgan fingerprint density at radius 2 is 2.24 bits per heavy atom. The molecule has 0 fully saturated rings. The summed E-state index contributed by atoms with van der Waals surface area (Å²) in [5.41, 5.74) is 1.30. The molecule has 2 rings (SSSR count). The van der Waals surface area contributed by atoms with Gasteiger partial charge >= 0.3 is 0 Å². The first-order valence-corrected chi connectivity index (χ1v) is 7.68. The van der Waals surface area contributed by atoms with Crippen LogP contribution in [0.25, 0.3) is 0 Å². The van der Waals surface area contributed by atoms with E-state index in [1.807, 2.05) is 18.2 Å². The molecule has 21 heavy (non-hydrogen) atoms. The Kier molecular flexibility index (Phi) is 6.48. The molecule has 0 saturated heterocycles. The maximum absolute atomic E-state index is 11.3. The first kappa shape index (κ1) is 15.8. The van der Waals surface area contributed by atoms with Gasteiger partial charge in [0.2, 0.25) is 0 Å². The van der Waals surface area contributed by atoms with Crippen LogP contribution < -0.4 is 4.74 Å². The van der Waals surface area contributed by atoms with E-state index in [1.165, 1.54) is 5.56 Å². The third-order valence-corrected chi connectivity index (χ3v) is 3.89. The standard InChI is InChI=1S/C18H24O3/c1-20-14-21-18-10-4-7-16(13-18)12-11-15-5-2-8-17(19)9-3-6-15/h2,4,7-8,10,13,15H,3,5-6,9,11-12,14H2,1H3. The van der Waals surface area contributed by atoms with Crippen LogP contribution in [0.15, 0.2) is 36.4 Å². The number of carbonyl (C=O) groups excluding carboxylic acids is 1.